The van der Waals surface area contributed by atoms with Crippen molar-refractivity contribution in [1.29, 1.82) is 0 Å². The molecule has 0 nitrogen and oxygen atoms in total. The fraction of sp³-hybridized carbons (Fsp3) is 0. The second kappa shape index (κ2) is 16.6. The molecule has 0 atom stereocenters. The molecular formula is H4PbSnWZn. The maximum Gasteiger partial charge on any atom is 0 e. The molecule has 0 aliphatic heterocycles. The molecule has 0 aromatic rings. The molecule has 0 amide bonds. The van der Waals surface area contributed by atoms with Gasteiger partial charge in [-0.05, 0) is 0 Å². The minimum atomic E-state index is 0. The van der Waals surface area contributed by atoms with Crippen molar-refractivity contribution < 1.29 is 40.5 Å². The molecule has 0 spiro atoms. The first-order chi connectivity index (χ1) is 0. The van der Waals surface area contributed by atoms with Crippen LogP contribution in [0.1, 0.15) is 0 Å². The van der Waals surface area contributed by atoms with E-state index in [1.807, 2.05) is 0 Å². The van der Waals surface area contributed by atoms with E-state index in [2.05, 4.69) is 0 Å². The van der Waals surface area contributed by atoms with E-state index in [1.54, 1.807) is 0 Å². The Bertz CT molecular complexity index is 8.00. The van der Waals surface area contributed by atoms with Crippen LogP contribution in [0.4, 0.5) is 0 Å². The monoisotopic (exact) mass is 580 g/mol. The van der Waals surface area contributed by atoms with Crippen molar-refractivity contribution in [3.63, 3.8) is 0 Å². The van der Waals surface area contributed by atoms with E-state index in [9.17, 15) is 0 Å². The normalized spacial score (nSPS) is 0. The predicted molar refractivity (Wildman–Crippen MR) is 17.1 cm³/mol. The van der Waals surface area contributed by atoms with E-state index in [-0.39, 0.29) is 91.7 Å². The summed E-state index contributed by atoms with van der Waals surface area (Å²) < 4.78 is 0. The summed E-state index contributed by atoms with van der Waals surface area (Å²) in [7, 11) is 0. The summed E-state index contributed by atoms with van der Waals surface area (Å²) in [5, 5.41) is 0. The summed E-state index contributed by atoms with van der Waals surface area (Å²) in [6.07, 6.45) is 0. The van der Waals surface area contributed by atoms with Crippen LogP contribution in [0.2, 0.25) is 0 Å². The molecule has 0 aliphatic rings. The standard InChI is InChI=1S/Pb.Sn.W.Zn.4H. The van der Waals surface area contributed by atoms with Crippen LogP contribution in [0.25, 0.3) is 0 Å². The Kier molecular flexibility index (Phi) is 116. The zero-order valence-electron chi connectivity index (χ0n) is 2.53. The van der Waals surface area contributed by atoms with E-state index >= 15 is 0 Å². The zero-order valence-corrected chi connectivity index (χ0v) is 18.0. The molecule has 0 aliphatic carbocycles. The topological polar surface area (TPSA) is 0 Å². The third-order valence-electron chi connectivity index (χ3n) is 0. The van der Waals surface area contributed by atoms with E-state index in [1.165, 1.54) is 0 Å². The summed E-state index contributed by atoms with van der Waals surface area (Å²) >= 11 is 0. The minimum absolute atomic E-state index is 0. The molecule has 0 fully saturated rings. The summed E-state index contributed by atoms with van der Waals surface area (Å²) in [5.41, 5.74) is 0. The summed E-state index contributed by atoms with van der Waals surface area (Å²) in [4.78, 5) is 0. The van der Waals surface area contributed by atoms with Crippen molar-refractivity contribution in [3.05, 3.63) is 0 Å². The average molecular weight is 579 g/mol. The van der Waals surface area contributed by atoms with Crippen LogP contribution in [0.15, 0.2) is 0 Å². The Morgan fingerprint density at radius 1 is 1.00 bits per heavy atom. The van der Waals surface area contributed by atoms with Crippen molar-refractivity contribution in [2.24, 2.45) is 0 Å². The largest absolute Gasteiger partial charge is 0 e. The fourth-order valence-corrected chi connectivity index (χ4v) is 0. The van der Waals surface area contributed by atoms with Gasteiger partial charge in [-0.3, -0.25) is 0 Å². The fourth-order valence-electron chi connectivity index (χ4n) is 0. The average Bonchev–Trinajstić information content (AvgIpc) is 0. The van der Waals surface area contributed by atoms with Crippen LogP contribution in [0.3, 0.4) is 0 Å². The maximum atomic E-state index is 0. The van der Waals surface area contributed by atoms with Crippen LogP contribution in [-0.4, -0.2) is 51.2 Å². The van der Waals surface area contributed by atoms with Crippen molar-refractivity contribution in [3.8, 4) is 0 Å². The van der Waals surface area contributed by atoms with Crippen LogP contribution >= 0.6 is 0 Å². The molecule has 0 bridgehead atoms. The third-order valence-corrected chi connectivity index (χ3v) is 0. The van der Waals surface area contributed by atoms with Crippen molar-refractivity contribution >= 4 is 51.2 Å². The summed E-state index contributed by atoms with van der Waals surface area (Å²) in [5.74, 6) is 0. The summed E-state index contributed by atoms with van der Waals surface area (Å²) in [6.45, 7) is 0. The Morgan fingerprint density at radius 3 is 1.00 bits per heavy atom. The van der Waals surface area contributed by atoms with Crippen LogP contribution < -0.4 is 0 Å². The molecule has 0 aromatic carbocycles. The van der Waals surface area contributed by atoms with Gasteiger partial charge in [0.05, 0.1) is 0 Å². The molecule has 0 N–H and O–H groups in total. The number of rotatable bonds is 0. The van der Waals surface area contributed by atoms with Gasteiger partial charge in [0.15, 0.2) is 0 Å². The molecule has 0 aromatic heterocycles. The van der Waals surface area contributed by atoms with E-state index < -0.39 is 0 Å². The number of hydrogen-bond donors (Lipinski definition) is 0. The molecule has 0 saturated carbocycles. The van der Waals surface area contributed by atoms with Gasteiger partial charge in [0.1, 0.15) is 0 Å². The van der Waals surface area contributed by atoms with Gasteiger partial charge in [-0.15, -0.1) is 0 Å². The van der Waals surface area contributed by atoms with Gasteiger partial charge < -0.3 is 0 Å². The van der Waals surface area contributed by atoms with Gasteiger partial charge in [0.25, 0.3) is 0 Å². The maximum absolute atomic E-state index is 0. The molecule has 0 rings (SSSR count). The molecular weight excluding hydrogens is 575 g/mol. The van der Waals surface area contributed by atoms with Gasteiger partial charge in [0, 0.05) is 40.5 Å². The molecule has 0 unspecified atom stereocenters. The number of hydrogen-bond acceptors (Lipinski definition) is 0. The second-order valence-electron chi connectivity index (χ2n) is 0. The van der Waals surface area contributed by atoms with Gasteiger partial charge in [-0.1, -0.05) is 0 Å². The van der Waals surface area contributed by atoms with Crippen molar-refractivity contribution in [2.75, 3.05) is 0 Å². The molecule has 0 heterocycles. The van der Waals surface area contributed by atoms with Crippen molar-refractivity contribution in [2.45, 2.75) is 0 Å². The molecule has 4 heteroatoms. The zero-order chi connectivity index (χ0) is 0. The molecule has 4 radical (unpaired) electrons. The first kappa shape index (κ1) is 27.8. The SMILES string of the molecule is [PbH2].[SnH2].[W].[Zn]. The van der Waals surface area contributed by atoms with Crippen LogP contribution in [-0.2, 0) is 40.5 Å². The van der Waals surface area contributed by atoms with Gasteiger partial charge >= 0.3 is 51.2 Å². The van der Waals surface area contributed by atoms with Gasteiger partial charge in [-0.2, -0.15) is 0 Å². The quantitative estimate of drug-likeness (QED) is 0.297. The summed E-state index contributed by atoms with van der Waals surface area (Å²) in [6, 6.07) is 0. The van der Waals surface area contributed by atoms with E-state index in [0.29, 0.717) is 0 Å². The Labute approximate surface area is 90.0 Å². The van der Waals surface area contributed by atoms with Crippen LogP contribution in [0.5, 0.6) is 0 Å². The Morgan fingerprint density at radius 2 is 1.00 bits per heavy atom. The first-order valence-electron chi connectivity index (χ1n) is 0. The van der Waals surface area contributed by atoms with Crippen LogP contribution in [0, 0.1) is 0 Å². The second-order valence-corrected chi connectivity index (χ2v) is 0. The van der Waals surface area contributed by atoms with E-state index in [4.69, 9.17) is 0 Å². The smallest absolute Gasteiger partial charge is 0 e. The Balaban J connectivity index is 0. The minimum Gasteiger partial charge on any atom is 0 e. The Hall–Kier alpha value is 3.03. The van der Waals surface area contributed by atoms with Gasteiger partial charge in [-0.25, -0.2) is 0 Å². The van der Waals surface area contributed by atoms with Crippen molar-refractivity contribution in [1.82, 2.24) is 0 Å². The molecule has 4 heavy (non-hydrogen) atoms. The third kappa shape index (κ3) is 8.90. The molecule has 20 valence electrons. The first-order valence-corrected chi connectivity index (χ1v) is 0. The molecule has 0 saturated heterocycles. The predicted octanol–water partition coefficient (Wildman–Crippen LogP) is -1.84. The van der Waals surface area contributed by atoms with Gasteiger partial charge in [0.2, 0.25) is 0 Å². The van der Waals surface area contributed by atoms with E-state index in [0.717, 1.165) is 0 Å².